The van der Waals surface area contributed by atoms with Crippen molar-refractivity contribution in [2.24, 2.45) is 0 Å². The van der Waals surface area contributed by atoms with E-state index in [0.717, 1.165) is 12.1 Å². The van der Waals surface area contributed by atoms with Crippen molar-refractivity contribution in [2.45, 2.75) is 13.0 Å². The van der Waals surface area contributed by atoms with Crippen molar-refractivity contribution in [2.75, 3.05) is 0 Å². The molecule has 2 rings (SSSR count). The van der Waals surface area contributed by atoms with Gasteiger partial charge in [-0.05, 0) is 37.2 Å². The van der Waals surface area contributed by atoms with E-state index < -0.39 is 18.9 Å². The van der Waals surface area contributed by atoms with Crippen LogP contribution < -0.4 is 4.74 Å². The molecule has 0 amide bonds. The lowest BCUT2D eigenvalue weighted by molar-refractivity contribution is -0.137. The molecule has 3 nitrogen and oxygen atoms in total. The molecule has 7 heteroatoms. The van der Waals surface area contributed by atoms with Gasteiger partial charge in [0, 0.05) is 0 Å². The van der Waals surface area contributed by atoms with E-state index in [2.05, 4.69) is 0 Å². The van der Waals surface area contributed by atoms with Crippen molar-refractivity contribution >= 4 is 7.12 Å². The molecular weight excluding hydrogens is 284 g/mol. The highest BCUT2D eigenvalue weighted by molar-refractivity contribution is 6.38. The van der Waals surface area contributed by atoms with Crippen LogP contribution in [0.4, 0.5) is 13.2 Å². The van der Waals surface area contributed by atoms with Crippen molar-refractivity contribution in [1.29, 1.82) is 0 Å². The molecule has 0 saturated carbocycles. The minimum absolute atomic E-state index is 0.172. The van der Waals surface area contributed by atoms with E-state index in [9.17, 15) is 13.2 Å². The smallest absolute Gasteiger partial charge is 0.448 e. The van der Waals surface area contributed by atoms with E-state index in [-0.39, 0.29) is 5.75 Å². The number of alkyl halides is 3. The fourth-order valence-corrected chi connectivity index (χ4v) is 1.36. The molecule has 0 aliphatic rings. The van der Waals surface area contributed by atoms with Crippen LogP contribution in [0.1, 0.15) is 5.56 Å². The SMILES string of the molecule is CB(O)O.FC(F)(F)c1cccc(Oc2ccccc2)c1. The Morgan fingerprint density at radius 1 is 0.905 bits per heavy atom. The van der Waals surface area contributed by atoms with E-state index >= 15 is 0 Å². The van der Waals surface area contributed by atoms with Gasteiger partial charge in [0.25, 0.3) is 0 Å². The molecule has 2 N–H and O–H groups in total. The van der Waals surface area contributed by atoms with Gasteiger partial charge in [-0.2, -0.15) is 13.2 Å². The number of rotatable bonds is 2. The Labute approximate surface area is 120 Å². The molecule has 0 unspecified atom stereocenters. The van der Waals surface area contributed by atoms with Crippen LogP contribution in [0, 0.1) is 0 Å². The molecule has 112 valence electrons. The predicted octanol–water partition coefficient (Wildman–Crippen LogP) is 3.59. The quantitative estimate of drug-likeness (QED) is 0.833. The van der Waals surface area contributed by atoms with Crippen LogP contribution >= 0.6 is 0 Å². The zero-order chi connectivity index (χ0) is 15.9. The second-order valence-corrected chi connectivity index (χ2v) is 4.07. The Hall–Kier alpha value is -1.99. The average Bonchev–Trinajstić information content (AvgIpc) is 2.38. The first-order chi connectivity index (χ1) is 9.79. The molecule has 2 aromatic rings. The number of hydrogen-bond donors (Lipinski definition) is 2. The summed E-state index contributed by atoms with van der Waals surface area (Å²) in [5.41, 5.74) is -0.717. The molecule has 0 bridgehead atoms. The van der Waals surface area contributed by atoms with Crippen LogP contribution in [0.3, 0.4) is 0 Å². The Bertz CT molecular complexity index is 542. The summed E-state index contributed by atoms with van der Waals surface area (Å²) < 4.78 is 42.7. The third-order valence-electron chi connectivity index (χ3n) is 2.14. The number of halogens is 3. The molecule has 21 heavy (non-hydrogen) atoms. The standard InChI is InChI=1S/C13H9F3O.CH5BO2/c14-13(15,16)10-5-4-8-12(9-10)17-11-6-2-1-3-7-11;1-2(3)4/h1-9H;3-4H,1H3. The first-order valence-electron chi connectivity index (χ1n) is 6.05. The largest absolute Gasteiger partial charge is 0.457 e. The van der Waals surface area contributed by atoms with Crippen LogP contribution in [0.15, 0.2) is 54.6 Å². The van der Waals surface area contributed by atoms with Crippen molar-refractivity contribution in [1.82, 2.24) is 0 Å². The first-order valence-corrected chi connectivity index (χ1v) is 6.05. The fraction of sp³-hybridized carbons (Fsp3) is 0.143. The Kier molecular flexibility index (Phi) is 6.26. The highest BCUT2D eigenvalue weighted by Gasteiger charge is 2.30. The number of hydrogen-bond acceptors (Lipinski definition) is 3. The maximum absolute atomic E-state index is 12.5. The van der Waals surface area contributed by atoms with Gasteiger partial charge in [-0.25, -0.2) is 0 Å². The van der Waals surface area contributed by atoms with Crippen LogP contribution in [0.25, 0.3) is 0 Å². The molecule has 0 saturated heterocycles. The zero-order valence-electron chi connectivity index (χ0n) is 11.2. The molecular formula is C14H14BF3O3. The molecule has 0 fully saturated rings. The van der Waals surface area contributed by atoms with Crippen molar-refractivity contribution < 1.29 is 28.0 Å². The second kappa shape index (κ2) is 7.71. The van der Waals surface area contributed by atoms with Crippen molar-refractivity contribution in [3.05, 3.63) is 60.2 Å². The maximum Gasteiger partial charge on any atom is 0.448 e. The zero-order valence-corrected chi connectivity index (χ0v) is 11.2. The van der Waals surface area contributed by atoms with Gasteiger partial charge in [0.15, 0.2) is 0 Å². The summed E-state index contributed by atoms with van der Waals surface area (Å²) in [7, 11) is -1.17. The summed E-state index contributed by atoms with van der Waals surface area (Å²) in [6.07, 6.45) is -4.35. The summed E-state index contributed by atoms with van der Waals surface area (Å²) in [6, 6.07) is 13.5. The monoisotopic (exact) mass is 298 g/mol. The molecule has 0 aliphatic carbocycles. The van der Waals surface area contributed by atoms with Gasteiger partial charge in [0.1, 0.15) is 11.5 Å². The van der Waals surface area contributed by atoms with E-state index in [4.69, 9.17) is 14.8 Å². The van der Waals surface area contributed by atoms with Crippen LogP contribution in [-0.4, -0.2) is 17.2 Å². The van der Waals surface area contributed by atoms with Crippen LogP contribution in [0.2, 0.25) is 6.82 Å². The van der Waals surface area contributed by atoms with E-state index in [0.29, 0.717) is 5.75 Å². The molecule has 0 aromatic heterocycles. The van der Waals surface area contributed by atoms with Gasteiger partial charge in [0.2, 0.25) is 0 Å². The maximum atomic E-state index is 12.5. The Morgan fingerprint density at radius 3 is 1.95 bits per heavy atom. The summed E-state index contributed by atoms with van der Waals surface area (Å²) in [4.78, 5) is 0. The molecule has 0 radical (unpaired) electrons. The lowest BCUT2D eigenvalue weighted by Gasteiger charge is -2.09. The fourth-order valence-electron chi connectivity index (χ4n) is 1.36. The third kappa shape index (κ3) is 6.83. The van der Waals surface area contributed by atoms with Gasteiger partial charge < -0.3 is 14.8 Å². The van der Waals surface area contributed by atoms with Crippen LogP contribution in [-0.2, 0) is 6.18 Å². The normalized spacial score (nSPS) is 10.4. The minimum Gasteiger partial charge on any atom is -0.457 e. The average molecular weight is 298 g/mol. The predicted molar refractivity (Wildman–Crippen MR) is 74.0 cm³/mol. The molecule has 2 aromatic carbocycles. The summed E-state index contributed by atoms with van der Waals surface area (Å²) in [5, 5.41) is 15.2. The van der Waals surface area contributed by atoms with E-state index in [1.807, 2.05) is 0 Å². The van der Waals surface area contributed by atoms with Gasteiger partial charge >= 0.3 is 13.3 Å². The lowest BCUT2D eigenvalue weighted by atomic mass is 9.99. The van der Waals surface area contributed by atoms with E-state index in [1.165, 1.54) is 19.0 Å². The molecule has 0 aliphatic heterocycles. The second-order valence-electron chi connectivity index (χ2n) is 4.07. The Morgan fingerprint density at radius 2 is 1.43 bits per heavy atom. The highest BCUT2D eigenvalue weighted by atomic mass is 19.4. The highest BCUT2D eigenvalue weighted by Crippen LogP contribution is 2.32. The number of para-hydroxylation sites is 1. The molecule has 0 atom stereocenters. The summed E-state index contributed by atoms with van der Waals surface area (Å²) in [5.74, 6) is 0.679. The number of benzene rings is 2. The minimum atomic E-state index is -4.35. The van der Waals surface area contributed by atoms with Crippen molar-refractivity contribution in [3.8, 4) is 11.5 Å². The summed E-state index contributed by atoms with van der Waals surface area (Å²) >= 11 is 0. The molecule has 0 spiro atoms. The topological polar surface area (TPSA) is 49.7 Å². The van der Waals surface area contributed by atoms with Gasteiger partial charge in [-0.1, -0.05) is 24.3 Å². The lowest BCUT2D eigenvalue weighted by Crippen LogP contribution is -2.04. The van der Waals surface area contributed by atoms with Crippen LogP contribution in [0.5, 0.6) is 11.5 Å². The van der Waals surface area contributed by atoms with Gasteiger partial charge in [-0.15, -0.1) is 0 Å². The Balaban J connectivity index is 0.000000491. The first kappa shape index (κ1) is 17.1. The van der Waals surface area contributed by atoms with E-state index in [1.54, 1.807) is 30.3 Å². The number of ether oxygens (including phenoxy) is 1. The van der Waals surface area contributed by atoms with Crippen molar-refractivity contribution in [3.63, 3.8) is 0 Å². The third-order valence-corrected chi connectivity index (χ3v) is 2.14. The van der Waals surface area contributed by atoms with Gasteiger partial charge in [0.05, 0.1) is 5.56 Å². The van der Waals surface area contributed by atoms with Gasteiger partial charge in [-0.3, -0.25) is 0 Å². The molecule has 0 heterocycles. The summed E-state index contributed by atoms with van der Waals surface area (Å²) in [6.45, 7) is 1.28.